The SMILES string of the molecule is Cc1c(CC(=O)NNC2=CC(=O)CC(C)(C)C2)c2ccccc2n1Cc1ccccc1. The number of hydrazine groups is 1. The van der Waals surface area contributed by atoms with Gasteiger partial charge in [0.25, 0.3) is 0 Å². The van der Waals surface area contributed by atoms with Crippen LogP contribution in [-0.2, 0) is 22.6 Å². The first-order chi connectivity index (χ1) is 14.8. The van der Waals surface area contributed by atoms with Crippen molar-refractivity contribution < 1.29 is 9.59 Å². The monoisotopic (exact) mass is 415 g/mol. The van der Waals surface area contributed by atoms with Crippen LogP contribution >= 0.6 is 0 Å². The van der Waals surface area contributed by atoms with Crippen molar-refractivity contribution in [2.45, 2.75) is 46.6 Å². The van der Waals surface area contributed by atoms with Gasteiger partial charge < -0.3 is 9.99 Å². The smallest absolute Gasteiger partial charge is 0.242 e. The number of amides is 1. The van der Waals surface area contributed by atoms with Crippen molar-refractivity contribution in [1.29, 1.82) is 0 Å². The Labute approximate surface area is 183 Å². The molecule has 0 bridgehead atoms. The highest BCUT2D eigenvalue weighted by atomic mass is 16.2. The summed E-state index contributed by atoms with van der Waals surface area (Å²) in [6, 6.07) is 18.6. The molecule has 3 aromatic rings. The van der Waals surface area contributed by atoms with E-state index in [2.05, 4.69) is 60.5 Å². The summed E-state index contributed by atoms with van der Waals surface area (Å²) in [5, 5.41) is 1.10. The summed E-state index contributed by atoms with van der Waals surface area (Å²) in [6.45, 7) is 6.96. The number of hydrogen-bond acceptors (Lipinski definition) is 3. The summed E-state index contributed by atoms with van der Waals surface area (Å²) in [5.74, 6) is -0.0322. The van der Waals surface area contributed by atoms with E-state index in [-0.39, 0.29) is 23.5 Å². The number of fused-ring (bicyclic) bond motifs is 1. The van der Waals surface area contributed by atoms with Crippen LogP contribution in [0.4, 0.5) is 0 Å². The van der Waals surface area contributed by atoms with E-state index in [0.29, 0.717) is 6.42 Å². The zero-order valence-corrected chi connectivity index (χ0v) is 18.4. The molecule has 5 nitrogen and oxygen atoms in total. The largest absolute Gasteiger partial charge is 0.340 e. The van der Waals surface area contributed by atoms with Gasteiger partial charge in [-0.15, -0.1) is 0 Å². The highest BCUT2D eigenvalue weighted by Crippen LogP contribution is 2.32. The van der Waals surface area contributed by atoms with Crippen LogP contribution in [0.2, 0.25) is 0 Å². The molecule has 0 saturated heterocycles. The zero-order chi connectivity index (χ0) is 22.0. The zero-order valence-electron chi connectivity index (χ0n) is 18.4. The number of ketones is 1. The Balaban J connectivity index is 1.52. The molecule has 1 amide bonds. The minimum Gasteiger partial charge on any atom is -0.340 e. The lowest BCUT2D eigenvalue weighted by atomic mass is 9.79. The van der Waals surface area contributed by atoms with E-state index < -0.39 is 0 Å². The quantitative estimate of drug-likeness (QED) is 0.585. The number of rotatable bonds is 6. The van der Waals surface area contributed by atoms with E-state index in [1.807, 2.05) is 30.3 Å². The molecule has 5 heteroatoms. The van der Waals surface area contributed by atoms with E-state index >= 15 is 0 Å². The molecular weight excluding hydrogens is 386 g/mol. The molecule has 2 N–H and O–H groups in total. The van der Waals surface area contributed by atoms with Gasteiger partial charge in [-0.25, -0.2) is 0 Å². The lowest BCUT2D eigenvalue weighted by Crippen LogP contribution is -2.40. The fraction of sp³-hybridized carbons (Fsp3) is 0.308. The summed E-state index contributed by atoms with van der Waals surface area (Å²) in [6.07, 6.45) is 3.13. The minimum absolute atomic E-state index is 0.0906. The molecule has 1 aliphatic rings. The predicted octanol–water partition coefficient (Wildman–Crippen LogP) is 4.43. The second kappa shape index (κ2) is 8.42. The van der Waals surface area contributed by atoms with E-state index in [1.54, 1.807) is 6.08 Å². The minimum atomic E-state index is -0.123. The fourth-order valence-corrected chi connectivity index (χ4v) is 4.48. The standard InChI is InChI=1S/C26H29N3O2/c1-18-23(14-25(31)28-27-20-13-21(30)16-26(2,3)15-20)22-11-7-8-12-24(22)29(18)17-19-9-5-4-6-10-19/h4-13,27H,14-17H2,1-3H3,(H,28,31). The Morgan fingerprint density at radius 2 is 1.74 bits per heavy atom. The van der Waals surface area contributed by atoms with Gasteiger partial charge in [-0.3, -0.25) is 15.0 Å². The molecule has 0 atom stereocenters. The number of allylic oxidation sites excluding steroid dienone is 2. The molecule has 160 valence electrons. The van der Waals surface area contributed by atoms with Gasteiger partial charge in [-0.2, -0.15) is 0 Å². The highest BCUT2D eigenvalue weighted by Gasteiger charge is 2.27. The number of carbonyl (C=O) groups is 2. The summed E-state index contributed by atoms with van der Waals surface area (Å²) in [7, 11) is 0. The van der Waals surface area contributed by atoms with Gasteiger partial charge in [-0.05, 0) is 36.0 Å². The van der Waals surface area contributed by atoms with Crippen LogP contribution in [0, 0.1) is 12.3 Å². The summed E-state index contributed by atoms with van der Waals surface area (Å²) >= 11 is 0. The normalized spacial score (nSPS) is 15.6. The molecule has 0 fully saturated rings. The topological polar surface area (TPSA) is 63.1 Å². The van der Waals surface area contributed by atoms with E-state index in [9.17, 15) is 9.59 Å². The van der Waals surface area contributed by atoms with Crippen molar-refractivity contribution in [3.63, 3.8) is 0 Å². The van der Waals surface area contributed by atoms with Gasteiger partial charge in [0.1, 0.15) is 0 Å². The Morgan fingerprint density at radius 3 is 2.48 bits per heavy atom. The van der Waals surface area contributed by atoms with Crippen molar-refractivity contribution in [3.8, 4) is 0 Å². The van der Waals surface area contributed by atoms with Gasteiger partial charge in [-0.1, -0.05) is 62.4 Å². The summed E-state index contributed by atoms with van der Waals surface area (Å²) in [4.78, 5) is 24.7. The third-order valence-corrected chi connectivity index (χ3v) is 5.90. The molecule has 0 aliphatic heterocycles. The van der Waals surface area contributed by atoms with Crippen LogP contribution in [0.25, 0.3) is 10.9 Å². The molecule has 2 aromatic carbocycles. The number of nitrogens with one attached hydrogen (secondary N) is 2. The predicted molar refractivity (Wildman–Crippen MR) is 123 cm³/mol. The second-order valence-corrected chi connectivity index (χ2v) is 9.16. The third-order valence-electron chi connectivity index (χ3n) is 5.90. The molecule has 1 aromatic heterocycles. The molecule has 0 radical (unpaired) electrons. The fourth-order valence-electron chi connectivity index (χ4n) is 4.48. The molecule has 0 saturated carbocycles. The van der Waals surface area contributed by atoms with Crippen LogP contribution in [0.5, 0.6) is 0 Å². The summed E-state index contributed by atoms with van der Waals surface area (Å²) < 4.78 is 2.27. The average molecular weight is 416 g/mol. The first-order valence-electron chi connectivity index (χ1n) is 10.7. The van der Waals surface area contributed by atoms with Gasteiger partial charge >= 0.3 is 0 Å². The number of nitrogens with zero attached hydrogens (tertiary/aromatic N) is 1. The van der Waals surface area contributed by atoms with Gasteiger partial charge in [0.2, 0.25) is 5.91 Å². The van der Waals surface area contributed by atoms with Crippen LogP contribution in [0.3, 0.4) is 0 Å². The maximum atomic E-state index is 12.8. The number of benzene rings is 2. The van der Waals surface area contributed by atoms with E-state index in [1.165, 1.54) is 5.56 Å². The van der Waals surface area contributed by atoms with Crippen molar-refractivity contribution in [1.82, 2.24) is 15.4 Å². The van der Waals surface area contributed by atoms with Crippen LogP contribution in [0.15, 0.2) is 66.4 Å². The molecule has 1 aliphatic carbocycles. The van der Waals surface area contributed by atoms with Gasteiger partial charge in [0.05, 0.1) is 6.42 Å². The Bertz CT molecular complexity index is 1160. The molecule has 4 rings (SSSR count). The van der Waals surface area contributed by atoms with E-state index in [4.69, 9.17) is 0 Å². The van der Waals surface area contributed by atoms with Gasteiger partial charge in [0, 0.05) is 41.3 Å². The van der Waals surface area contributed by atoms with Crippen molar-refractivity contribution in [2.24, 2.45) is 5.41 Å². The van der Waals surface area contributed by atoms with Gasteiger partial charge in [0.15, 0.2) is 5.78 Å². The highest BCUT2D eigenvalue weighted by molar-refractivity contribution is 5.92. The lowest BCUT2D eigenvalue weighted by Gasteiger charge is -2.29. The Hall–Kier alpha value is -3.34. The van der Waals surface area contributed by atoms with Crippen LogP contribution in [-0.4, -0.2) is 16.3 Å². The maximum absolute atomic E-state index is 12.8. The molecule has 31 heavy (non-hydrogen) atoms. The molecule has 0 unspecified atom stereocenters. The maximum Gasteiger partial charge on any atom is 0.242 e. The number of aromatic nitrogens is 1. The van der Waals surface area contributed by atoms with E-state index in [0.717, 1.165) is 40.8 Å². The summed E-state index contributed by atoms with van der Waals surface area (Å²) in [5.41, 5.74) is 10.9. The lowest BCUT2D eigenvalue weighted by molar-refractivity contribution is -0.121. The van der Waals surface area contributed by atoms with Crippen molar-refractivity contribution in [3.05, 3.63) is 83.2 Å². The van der Waals surface area contributed by atoms with Crippen molar-refractivity contribution in [2.75, 3.05) is 0 Å². The first kappa shape index (κ1) is 20.9. The van der Waals surface area contributed by atoms with Crippen LogP contribution in [0.1, 0.15) is 43.5 Å². The van der Waals surface area contributed by atoms with Crippen molar-refractivity contribution >= 4 is 22.6 Å². The first-order valence-corrected chi connectivity index (χ1v) is 10.7. The molecule has 0 spiro atoms. The Morgan fingerprint density at radius 1 is 1.03 bits per heavy atom. The van der Waals surface area contributed by atoms with Crippen LogP contribution < -0.4 is 10.9 Å². The third kappa shape index (κ3) is 4.71. The number of hydrogen-bond donors (Lipinski definition) is 2. The number of carbonyl (C=O) groups excluding carboxylic acids is 2. The molecular formula is C26H29N3O2. The average Bonchev–Trinajstić information content (AvgIpc) is 2.98. The molecule has 1 heterocycles. The second-order valence-electron chi connectivity index (χ2n) is 9.16. The number of para-hydroxylation sites is 1. The Kier molecular flexibility index (Phi) is 5.68.